The highest BCUT2D eigenvalue weighted by Crippen LogP contribution is 2.13. The number of hydrogen-bond acceptors (Lipinski definition) is 7. The average Bonchev–Trinajstić information content (AvgIpc) is 1.82. The maximum Gasteiger partial charge on any atom is 0.228 e. The van der Waals surface area contributed by atoms with Crippen LogP contribution in [-0.2, 0) is 4.74 Å². The first-order valence-corrected chi connectivity index (χ1v) is 3.77. The van der Waals surface area contributed by atoms with E-state index in [4.69, 9.17) is 31.9 Å². The number of aliphatic hydroxyl groups is 4. The van der Waals surface area contributed by atoms with Crippen molar-refractivity contribution in [2.24, 2.45) is 11.5 Å². The van der Waals surface area contributed by atoms with Crippen LogP contribution in [0.25, 0.3) is 0 Å². The smallest absolute Gasteiger partial charge is 0.228 e. The second kappa shape index (κ2) is 4.82. The average molecular weight is 196 g/mol. The first-order chi connectivity index (χ1) is 5.83. The molecule has 0 aromatic rings. The topological polar surface area (TPSA) is 142 Å². The molecule has 0 aliphatic rings. The van der Waals surface area contributed by atoms with Crippen molar-refractivity contribution in [2.75, 3.05) is 13.2 Å². The summed E-state index contributed by atoms with van der Waals surface area (Å²) >= 11 is 0. The lowest BCUT2D eigenvalue weighted by Crippen LogP contribution is -2.56. The van der Waals surface area contributed by atoms with Crippen molar-refractivity contribution in [3.8, 4) is 0 Å². The van der Waals surface area contributed by atoms with E-state index >= 15 is 0 Å². The van der Waals surface area contributed by atoms with Gasteiger partial charge in [-0.1, -0.05) is 0 Å². The van der Waals surface area contributed by atoms with E-state index in [9.17, 15) is 0 Å². The Morgan fingerprint density at radius 2 is 1.23 bits per heavy atom. The molecule has 0 saturated carbocycles. The monoisotopic (exact) mass is 196 g/mol. The third-order valence-corrected chi connectivity index (χ3v) is 1.29. The third kappa shape index (κ3) is 5.88. The first kappa shape index (κ1) is 12.7. The predicted octanol–water partition coefficient (Wildman–Crippen LogP) is -3.02. The summed E-state index contributed by atoms with van der Waals surface area (Å²) in [7, 11) is 0. The molecule has 0 aromatic heterocycles. The molecule has 0 saturated heterocycles. The van der Waals surface area contributed by atoms with Crippen molar-refractivity contribution in [3.05, 3.63) is 0 Å². The Labute approximate surface area is 75.5 Å². The molecule has 0 fully saturated rings. The normalized spacial score (nSPS) is 20.8. The lowest BCUT2D eigenvalue weighted by molar-refractivity contribution is -0.336. The maximum absolute atomic E-state index is 9.15. The summed E-state index contributed by atoms with van der Waals surface area (Å²) in [5, 5.41) is 35.2. The van der Waals surface area contributed by atoms with Crippen LogP contribution in [-0.4, -0.2) is 45.5 Å². The highest BCUT2D eigenvalue weighted by molar-refractivity contribution is 4.64. The van der Waals surface area contributed by atoms with Crippen molar-refractivity contribution < 1.29 is 25.2 Å². The summed E-state index contributed by atoms with van der Waals surface area (Å²) in [6.45, 7) is -0.829. The summed E-state index contributed by atoms with van der Waals surface area (Å²) in [4.78, 5) is 0. The fourth-order valence-electron chi connectivity index (χ4n) is 0.729. The Balaban J connectivity index is 4.07. The number of hydrogen-bond donors (Lipinski definition) is 6. The van der Waals surface area contributed by atoms with Crippen molar-refractivity contribution >= 4 is 0 Å². The van der Waals surface area contributed by atoms with Crippen LogP contribution >= 0.6 is 0 Å². The molecule has 7 nitrogen and oxygen atoms in total. The van der Waals surface area contributed by atoms with E-state index in [1.165, 1.54) is 0 Å². The van der Waals surface area contributed by atoms with Crippen LogP contribution in [0.5, 0.6) is 0 Å². The van der Waals surface area contributed by atoms with E-state index in [0.29, 0.717) is 0 Å². The van der Waals surface area contributed by atoms with Crippen LogP contribution in [0, 0.1) is 0 Å². The highest BCUT2D eigenvalue weighted by Gasteiger charge is 2.33. The summed E-state index contributed by atoms with van der Waals surface area (Å²) < 4.78 is 4.45. The summed E-state index contributed by atoms with van der Waals surface area (Å²) in [6, 6.07) is 0. The zero-order valence-electron chi connectivity index (χ0n) is 7.18. The van der Waals surface area contributed by atoms with Crippen LogP contribution in [0.2, 0.25) is 0 Å². The molecule has 0 aromatic carbocycles. The van der Waals surface area contributed by atoms with Crippen molar-refractivity contribution in [1.29, 1.82) is 0 Å². The molecule has 80 valence electrons. The zero-order valence-corrected chi connectivity index (χ0v) is 7.18. The van der Waals surface area contributed by atoms with Gasteiger partial charge in [0.05, 0.1) is 0 Å². The van der Waals surface area contributed by atoms with Crippen LogP contribution in [0.4, 0.5) is 0 Å². The summed E-state index contributed by atoms with van der Waals surface area (Å²) in [6.07, 6.45) is -0.587. The van der Waals surface area contributed by atoms with E-state index in [1.54, 1.807) is 0 Å². The van der Waals surface area contributed by atoms with Gasteiger partial charge in [0.15, 0.2) is 0 Å². The molecule has 0 bridgehead atoms. The maximum atomic E-state index is 9.15. The molecule has 0 spiro atoms. The quantitative estimate of drug-likeness (QED) is 0.248. The molecule has 8 N–H and O–H groups in total. The van der Waals surface area contributed by atoms with Gasteiger partial charge in [0, 0.05) is 26.1 Å². The van der Waals surface area contributed by atoms with E-state index in [2.05, 4.69) is 4.74 Å². The van der Waals surface area contributed by atoms with Crippen LogP contribution in [0.3, 0.4) is 0 Å². The Morgan fingerprint density at radius 3 is 1.46 bits per heavy atom. The minimum absolute atomic E-state index is 0.294. The molecule has 0 radical (unpaired) electrons. The zero-order chi connectivity index (χ0) is 10.5. The molecule has 2 unspecified atom stereocenters. The highest BCUT2D eigenvalue weighted by atomic mass is 16.7. The van der Waals surface area contributed by atoms with Crippen molar-refractivity contribution in [2.45, 2.75) is 24.7 Å². The molecule has 0 heterocycles. The van der Waals surface area contributed by atoms with Gasteiger partial charge in [-0.3, -0.25) is 16.2 Å². The molecule has 0 aliphatic carbocycles. The van der Waals surface area contributed by atoms with Gasteiger partial charge in [0.1, 0.15) is 0 Å². The van der Waals surface area contributed by atoms with Crippen LogP contribution in [0.15, 0.2) is 0 Å². The van der Waals surface area contributed by atoms with Crippen LogP contribution < -0.4 is 11.5 Å². The van der Waals surface area contributed by atoms with Crippen molar-refractivity contribution in [3.63, 3.8) is 0 Å². The number of aliphatic hydroxyl groups excluding tert-OH is 2. The number of ether oxygens (including phenoxy) is 1. The Kier molecular flexibility index (Phi) is 4.71. The lowest BCUT2D eigenvalue weighted by Gasteiger charge is -2.31. The largest absolute Gasteiger partial charge is 0.396 e. The van der Waals surface area contributed by atoms with Gasteiger partial charge in [-0.2, -0.15) is 0 Å². The van der Waals surface area contributed by atoms with Gasteiger partial charge in [-0.15, -0.1) is 0 Å². The molecule has 2 atom stereocenters. The Morgan fingerprint density at radius 1 is 0.923 bits per heavy atom. The molecule has 13 heavy (non-hydrogen) atoms. The standard InChI is InChI=1S/C6H16N2O5/c7-5(11,1-3-9)13-6(8,12)2-4-10/h9-12H,1-4,7-8H2. The Bertz CT molecular complexity index is 134. The molecule has 7 heteroatoms. The van der Waals surface area contributed by atoms with Gasteiger partial charge in [-0.05, 0) is 0 Å². The van der Waals surface area contributed by atoms with E-state index in [0.717, 1.165) is 0 Å². The Hall–Kier alpha value is -0.280. The lowest BCUT2D eigenvalue weighted by atomic mass is 10.3. The van der Waals surface area contributed by atoms with Gasteiger partial charge >= 0.3 is 0 Å². The third-order valence-electron chi connectivity index (χ3n) is 1.29. The van der Waals surface area contributed by atoms with E-state index in [-0.39, 0.29) is 12.8 Å². The molecular weight excluding hydrogens is 180 g/mol. The minimum atomic E-state index is -2.20. The summed E-state index contributed by atoms with van der Waals surface area (Å²) in [5.74, 6) is -4.40. The fraction of sp³-hybridized carbons (Fsp3) is 1.00. The van der Waals surface area contributed by atoms with Crippen molar-refractivity contribution in [1.82, 2.24) is 0 Å². The minimum Gasteiger partial charge on any atom is -0.396 e. The fourth-order valence-corrected chi connectivity index (χ4v) is 0.729. The van der Waals surface area contributed by atoms with Gasteiger partial charge in [0.2, 0.25) is 11.8 Å². The van der Waals surface area contributed by atoms with E-state index in [1.807, 2.05) is 0 Å². The first-order valence-electron chi connectivity index (χ1n) is 3.77. The molecule has 0 amide bonds. The van der Waals surface area contributed by atoms with Gasteiger partial charge in [-0.25, -0.2) is 0 Å². The number of nitrogens with two attached hydrogens (primary N) is 2. The summed E-state index contributed by atoms with van der Waals surface area (Å²) in [5.41, 5.74) is 10.2. The van der Waals surface area contributed by atoms with E-state index < -0.39 is 25.0 Å². The second-order valence-electron chi connectivity index (χ2n) is 2.74. The predicted molar refractivity (Wildman–Crippen MR) is 42.8 cm³/mol. The second-order valence-corrected chi connectivity index (χ2v) is 2.74. The molecule has 0 aliphatic heterocycles. The molecule has 0 rings (SSSR count). The van der Waals surface area contributed by atoms with Gasteiger partial charge in [0.25, 0.3) is 0 Å². The number of rotatable bonds is 6. The SMILES string of the molecule is NC(O)(CCO)OC(N)(O)CCO. The van der Waals surface area contributed by atoms with Crippen LogP contribution in [0.1, 0.15) is 12.8 Å². The van der Waals surface area contributed by atoms with Gasteiger partial charge < -0.3 is 20.4 Å². The molecular formula is C6H16N2O5.